The lowest BCUT2D eigenvalue weighted by Gasteiger charge is -2.24. The van der Waals surface area contributed by atoms with Gasteiger partial charge in [0.1, 0.15) is 36.1 Å². The first-order chi connectivity index (χ1) is 12.5. The molecular weight excluding hydrogens is 336 g/mol. The van der Waals surface area contributed by atoms with Crippen molar-refractivity contribution in [3.05, 3.63) is 60.2 Å². The van der Waals surface area contributed by atoms with Crippen LogP contribution in [0.25, 0.3) is 22.1 Å². The molecule has 4 atom stereocenters. The standard InChI is InChI=1S/C18H18N4O4/c23-13(15(25)17-19-9-5-1-2-6-10(9)20-17)14(24)16(26)18-21-11-7-3-4-8-12(11)22-18/h1-8,13-16,23-26H,(H,19,20)(H,21,22)/t13-,14+,15-,16+. The molecule has 0 bridgehead atoms. The fourth-order valence-electron chi connectivity index (χ4n) is 2.92. The molecule has 2 aromatic heterocycles. The molecule has 0 saturated heterocycles. The van der Waals surface area contributed by atoms with E-state index in [1.165, 1.54) is 0 Å². The molecule has 6 N–H and O–H groups in total. The molecule has 0 radical (unpaired) electrons. The predicted molar refractivity (Wildman–Crippen MR) is 94.1 cm³/mol. The Balaban J connectivity index is 1.56. The van der Waals surface area contributed by atoms with E-state index in [4.69, 9.17) is 0 Å². The Kier molecular flexibility index (Phi) is 4.17. The number of nitrogens with one attached hydrogen (secondary N) is 2. The monoisotopic (exact) mass is 354 g/mol. The van der Waals surface area contributed by atoms with Crippen molar-refractivity contribution in [1.29, 1.82) is 0 Å². The Morgan fingerprint density at radius 1 is 0.615 bits per heavy atom. The maximum absolute atomic E-state index is 10.4. The SMILES string of the molecule is O[C@H]([C@H](O)[C@H](O)c1nc2ccccc2[nH]1)[C@@H](O)c1nc2ccccc2[nH]1. The van der Waals surface area contributed by atoms with Gasteiger partial charge in [-0.1, -0.05) is 24.3 Å². The van der Waals surface area contributed by atoms with Gasteiger partial charge in [-0.3, -0.25) is 0 Å². The lowest BCUT2D eigenvalue weighted by Crippen LogP contribution is -2.37. The first-order valence-corrected chi connectivity index (χ1v) is 8.16. The second kappa shape index (κ2) is 6.50. The van der Waals surface area contributed by atoms with E-state index < -0.39 is 24.4 Å². The van der Waals surface area contributed by atoms with Gasteiger partial charge in [0.15, 0.2) is 0 Å². The summed E-state index contributed by atoms with van der Waals surface area (Å²) in [4.78, 5) is 14.2. The highest BCUT2D eigenvalue weighted by molar-refractivity contribution is 5.75. The Hall–Kier alpha value is -2.78. The molecule has 4 rings (SSSR count). The number of aliphatic hydroxyl groups excluding tert-OH is 4. The zero-order valence-corrected chi connectivity index (χ0v) is 13.6. The first kappa shape index (κ1) is 16.7. The number of rotatable bonds is 5. The number of aromatic amines is 2. The minimum absolute atomic E-state index is 0.106. The van der Waals surface area contributed by atoms with Crippen LogP contribution in [0.1, 0.15) is 23.9 Å². The summed E-state index contributed by atoms with van der Waals surface area (Å²) in [5.74, 6) is 0.212. The van der Waals surface area contributed by atoms with Gasteiger partial charge in [0.2, 0.25) is 0 Å². The van der Waals surface area contributed by atoms with Gasteiger partial charge in [0.05, 0.1) is 22.1 Å². The van der Waals surface area contributed by atoms with E-state index >= 15 is 0 Å². The maximum atomic E-state index is 10.4. The molecule has 26 heavy (non-hydrogen) atoms. The van der Waals surface area contributed by atoms with Crippen molar-refractivity contribution in [2.45, 2.75) is 24.4 Å². The largest absolute Gasteiger partial charge is 0.387 e. The minimum atomic E-state index is -1.67. The van der Waals surface area contributed by atoms with Gasteiger partial charge in [-0.2, -0.15) is 0 Å². The molecule has 2 heterocycles. The zero-order chi connectivity index (χ0) is 18.3. The van der Waals surface area contributed by atoms with Crippen LogP contribution >= 0.6 is 0 Å². The highest BCUT2D eigenvalue weighted by Crippen LogP contribution is 2.26. The molecule has 8 heteroatoms. The summed E-state index contributed by atoms with van der Waals surface area (Å²) in [5, 5.41) is 41.3. The van der Waals surface area contributed by atoms with Gasteiger partial charge < -0.3 is 30.4 Å². The van der Waals surface area contributed by atoms with Crippen LogP contribution in [-0.2, 0) is 0 Å². The van der Waals surface area contributed by atoms with Crippen molar-refractivity contribution < 1.29 is 20.4 Å². The van der Waals surface area contributed by atoms with Crippen LogP contribution in [0.2, 0.25) is 0 Å². The summed E-state index contributed by atoms with van der Waals surface area (Å²) in [5.41, 5.74) is 2.64. The summed E-state index contributed by atoms with van der Waals surface area (Å²) in [6.07, 6.45) is -6.34. The second-order valence-electron chi connectivity index (χ2n) is 6.15. The normalized spacial score (nSPS) is 16.6. The van der Waals surface area contributed by atoms with E-state index in [0.29, 0.717) is 22.1 Å². The fraction of sp³-hybridized carbons (Fsp3) is 0.222. The number of aromatic nitrogens is 4. The molecule has 0 unspecified atom stereocenters. The summed E-state index contributed by atoms with van der Waals surface area (Å²) >= 11 is 0. The van der Waals surface area contributed by atoms with Crippen LogP contribution in [0, 0.1) is 0 Å². The molecule has 8 nitrogen and oxygen atoms in total. The van der Waals surface area contributed by atoms with Crippen LogP contribution < -0.4 is 0 Å². The summed E-state index contributed by atoms with van der Waals surface area (Å²) in [6.45, 7) is 0. The number of imidazole rings is 2. The molecule has 0 amide bonds. The van der Waals surface area contributed by atoms with Crippen LogP contribution in [0.5, 0.6) is 0 Å². The van der Waals surface area contributed by atoms with Crippen molar-refractivity contribution in [3.8, 4) is 0 Å². The third-order valence-electron chi connectivity index (χ3n) is 4.37. The second-order valence-corrected chi connectivity index (χ2v) is 6.15. The number of nitrogens with zero attached hydrogens (tertiary/aromatic N) is 2. The van der Waals surface area contributed by atoms with Gasteiger partial charge in [-0.25, -0.2) is 9.97 Å². The van der Waals surface area contributed by atoms with Gasteiger partial charge in [-0.15, -0.1) is 0 Å². The van der Waals surface area contributed by atoms with Crippen LogP contribution in [-0.4, -0.2) is 52.6 Å². The topological polar surface area (TPSA) is 138 Å². The van der Waals surface area contributed by atoms with Gasteiger partial charge in [-0.05, 0) is 24.3 Å². The summed E-state index contributed by atoms with van der Waals surface area (Å²) < 4.78 is 0. The highest BCUT2D eigenvalue weighted by atomic mass is 16.4. The van der Waals surface area contributed by atoms with Crippen molar-refractivity contribution >= 4 is 22.1 Å². The van der Waals surface area contributed by atoms with E-state index in [1.54, 1.807) is 36.4 Å². The molecule has 4 aromatic rings. The number of hydrogen-bond acceptors (Lipinski definition) is 6. The fourth-order valence-corrected chi connectivity index (χ4v) is 2.92. The van der Waals surface area contributed by atoms with Crippen molar-refractivity contribution in [1.82, 2.24) is 19.9 Å². The number of fused-ring (bicyclic) bond motifs is 2. The average molecular weight is 354 g/mol. The molecule has 134 valence electrons. The number of hydrogen-bond donors (Lipinski definition) is 6. The highest BCUT2D eigenvalue weighted by Gasteiger charge is 2.35. The maximum Gasteiger partial charge on any atom is 0.140 e. The summed E-state index contributed by atoms with van der Waals surface area (Å²) in [7, 11) is 0. The molecule has 0 fully saturated rings. The average Bonchev–Trinajstić information content (AvgIpc) is 3.29. The van der Waals surface area contributed by atoms with Crippen LogP contribution in [0.15, 0.2) is 48.5 Å². The van der Waals surface area contributed by atoms with Crippen molar-refractivity contribution in [2.75, 3.05) is 0 Å². The van der Waals surface area contributed by atoms with Crippen LogP contribution in [0.3, 0.4) is 0 Å². The van der Waals surface area contributed by atoms with Gasteiger partial charge in [0, 0.05) is 0 Å². The van der Waals surface area contributed by atoms with Crippen LogP contribution in [0.4, 0.5) is 0 Å². The Morgan fingerprint density at radius 2 is 1.00 bits per heavy atom. The molecule has 0 spiro atoms. The Morgan fingerprint density at radius 3 is 1.38 bits per heavy atom. The smallest absolute Gasteiger partial charge is 0.140 e. The number of aliphatic hydroxyl groups is 4. The molecular formula is C18H18N4O4. The third-order valence-corrected chi connectivity index (χ3v) is 4.37. The minimum Gasteiger partial charge on any atom is -0.387 e. The number of para-hydroxylation sites is 4. The lowest BCUT2D eigenvalue weighted by molar-refractivity contribution is -0.111. The molecule has 0 aliphatic heterocycles. The van der Waals surface area contributed by atoms with E-state index in [-0.39, 0.29) is 11.6 Å². The number of benzene rings is 2. The Labute approximate surface area is 147 Å². The third kappa shape index (κ3) is 2.85. The molecule has 0 saturated carbocycles. The predicted octanol–water partition coefficient (Wildman–Crippen LogP) is 0.928. The first-order valence-electron chi connectivity index (χ1n) is 8.16. The van der Waals surface area contributed by atoms with Crippen molar-refractivity contribution in [3.63, 3.8) is 0 Å². The van der Waals surface area contributed by atoms with E-state index in [0.717, 1.165) is 0 Å². The van der Waals surface area contributed by atoms with Crippen molar-refractivity contribution in [2.24, 2.45) is 0 Å². The van der Waals surface area contributed by atoms with Gasteiger partial charge >= 0.3 is 0 Å². The van der Waals surface area contributed by atoms with E-state index in [2.05, 4.69) is 19.9 Å². The zero-order valence-electron chi connectivity index (χ0n) is 13.6. The Bertz CT molecular complexity index is 894. The van der Waals surface area contributed by atoms with E-state index in [1.807, 2.05) is 12.1 Å². The molecule has 0 aliphatic rings. The quantitative estimate of drug-likeness (QED) is 0.315. The lowest BCUT2D eigenvalue weighted by atomic mass is 10.0. The molecule has 2 aromatic carbocycles. The van der Waals surface area contributed by atoms with E-state index in [9.17, 15) is 20.4 Å². The molecule has 0 aliphatic carbocycles. The number of H-pyrrole nitrogens is 2. The summed E-state index contributed by atoms with van der Waals surface area (Å²) in [6, 6.07) is 14.3. The van der Waals surface area contributed by atoms with Gasteiger partial charge in [0.25, 0.3) is 0 Å².